The van der Waals surface area contributed by atoms with Crippen LogP contribution in [0.15, 0.2) is 22.7 Å². The van der Waals surface area contributed by atoms with Gasteiger partial charge in [-0.15, -0.1) is 11.3 Å². The van der Waals surface area contributed by atoms with Gasteiger partial charge in [-0.25, -0.2) is 9.78 Å². The van der Waals surface area contributed by atoms with Gasteiger partial charge in [-0.3, -0.25) is 0 Å². The third kappa shape index (κ3) is 4.09. The van der Waals surface area contributed by atoms with Gasteiger partial charge in [0.25, 0.3) is 0 Å². The molecule has 1 aromatic carbocycles. The molecule has 0 amide bonds. The Balaban J connectivity index is 2.11. The Morgan fingerprint density at radius 3 is 2.46 bits per heavy atom. The lowest BCUT2D eigenvalue weighted by Crippen LogP contribution is -2.17. The Labute approximate surface area is 168 Å². The van der Waals surface area contributed by atoms with Gasteiger partial charge in [0, 0.05) is 11.1 Å². The number of carboxylic acid groups (broad SMARTS) is 1. The summed E-state index contributed by atoms with van der Waals surface area (Å²) >= 11 is 1.17. The molecule has 0 radical (unpaired) electrons. The van der Waals surface area contributed by atoms with Crippen LogP contribution in [0, 0.1) is 26.2 Å². The summed E-state index contributed by atoms with van der Waals surface area (Å²) in [6.07, 6.45) is 0. The van der Waals surface area contributed by atoms with Gasteiger partial charge in [-0.1, -0.05) is 25.9 Å². The molecular formula is C21H24N2O4S. The molecule has 28 heavy (non-hydrogen) atoms. The molecule has 2 aromatic heterocycles. The zero-order chi connectivity index (χ0) is 20.6. The van der Waals surface area contributed by atoms with E-state index in [1.165, 1.54) is 11.3 Å². The van der Waals surface area contributed by atoms with Crippen molar-refractivity contribution in [2.24, 2.45) is 5.41 Å². The zero-order valence-electron chi connectivity index (χ0n) is 16.9. The maximum Gasteiger partial charge on any atom is 0.347 e. The highest BCUT2D eigenvalue weighted by Crippen LogP contribution is 2.39. The highest BCUT2D eigenvalue weighted by Gasteiger charge is 2.21. The van der Waals surface area contributed by atoms with E-state index in [9.17, 15) is 9.90 Å². The highest BCUT2D eigenvalue weighted by molar-refractivity contribution is 7.17. The number of nitrogens with zero attached hydrogens (tertiary/aromatic N) is 2. The topological polar surface area (TPSA) is 85.5 Å². The van der Waals surface area contributed by atoms with Crippen LogP contribution in [0.3, 0.4) is 0 Å². The molecular weight excluding hydrogens is 376 g/mol. The number of benzene rings is 1. The van der Waals surface area contributed by atoms with Gasteiger partial charge >= 0.3 is 5.97 Å². The minimum Gasteiger partial charge on any atom is -0.492 e. The average Bonchev–Trinajstić information content (AvgIpc) is 3.15. The monoisotopic (exact) mass is 400 g/mol. The highest BCUT2D eigenvalue weighted by atomic mass is 32.1. The summed E-state index contributed by atoms with van der Waals surface area (Å²) in [4.78, 5) is 16.1. The third-order valence-corrected chi connectivity index (χ3v) is 5.38. The summed E-state index contributed by atoms with van der Waals surface area (Å²) < 4.78 is 11.5. The lowest BCUT2D eigenvalue weighted by atomic mass is 9.98. The van der Waals surface area contributed by atoms with E-state index in [4.69, 9.17) is 9.26 Å². The fourth-order valence-electron chi connectivity index (χ4n) is 2.86. The lowest BCUT2D eigenvalue weighted by Gasteiger charge is -2.20. The van der Waals surface area contributed by atoms with Crippen molar-refractivity contribution < 1.29 is 19.2 Å². The Morgan fingerprint density at radius 1 is 1.21 bits per heavy atom. The summed E-state index contributed by atoms with van der Waals surface area (Å²) in [6, 6.07) is 5.78. The van der Waals surface area contributed by atoms with Crippen molar-refractivity contribution in [1.82, 2.24) is 10.1 Å². The molecule has 7 heteroatoms. The van der Waals surface area contributed by atoms with Gasteiger partial charge in [0.2, 0.25) is 0 Å². The maximum atomic E-state index is 11.4. The standard InChI is InChI=1S/C21H24N2O4S/c1-11-17(13(3)27-23-11)15-9-14(7-8-16(15)26-10-21(4,5)6)19-22-12(2)18(28-19)20(24)25/h7-9H,10H2,1-6H3,(H,24,25). The van der Waals surface area contributed by atoms with E-state index >= 15 is 0 Å². The number of carbonyl (C=O) groups is 1. The first-order valence-corrected chi connectivity index (χ1v) is 9.79. The number of aromatic nitrogens is 2. The molecule has 2 heterocycles. The van der Waals surface area contributed by atoms with Crippen LogP contribution in [-0.4, -0.2) is 27.8 Å². The molecule has 0 saturated carbocycles. The minimum absolute atomic E-state index is 0.0114. The molecule has 0 saturated heterocycles. The molecule has 3 rings (SSSR count). The molecule has 0 unspecified atom stereocenters. The van der Waals surface area contributed by atoms with Gasteiger partial charge in [-0.05, 0) is 44.4 Å². The smallest absolute Gasteiger partial charge is 0.347 e. The fourth-order valence-corrected chi connectivity index (χ4v) is 3.77. The van der Waals surface area contributed by atoms with Gasteiger partial charge in [0.1, 0.15) is 21.4 Å². The van der Waals surface area contributed by atoms with Crippen LogP contribution in [0.4, 0.5) is 0 Å². The second kappa shape index (κ2) is 7.39. The Hall–Kier alpha value is -2.67. The third-order valence-electron chi connectivity index (χ3n) is 4.18. The van der Waals surface area contributed by atoms with E-state index in [1.807, 2.05) is 32.0 Å². The normalized spacial score (nSPS) is 11.6. The van der Waals surface area contributed by atoms with Crippen LogP contribution in [-0.2, 0) is 0 Å². The Bertz CT molecular complexity index is 1010. The zero-order valence-corrected chi connectivity index (χ0v) is 17.7. The van der Waals surface area contributed by atoms with Crippen molar-refractivity contribution in [3.05, 3.63) is 40.2 Å². The number of thiazole rings is 1. The lowest BCUT2D eigenvalue weighted by molar-refractivity contribution is 0.0701. The first-order valence-electron chi connectivity index (χ1n) is 8.98. The number of aromatic carboxylic acids is 1. The Kier molecular flexibility index (Phi) is 5.30. The molecule has 1 N–H and O–H groups in total. The van der Waals surface area contributed by atoms with E-state index in [2.05, 4.69) is 30.9 Å². The van der Waals surface area contributed by atoms with E-state index in [1.54, 1.807) is 6.92 Å². The van der Waals surface area contributed by atoms with Crippen LogP contribution in [0.1, 0.15) is 47.6 Å². The predicted octanol–water partition coefficient (Wildman–Crippen LogP) is 5.51. The molecule has 0 atom stereocenters. The molecule has 6 nitrogen and oxygen atoms in total. The number of hydrogen-bond acceptors (Lipinski definition) is 6. The first kappa shape index (κ1) is 20.1. The predicted molar refractivity (Wildman–Crippen MR) is 109 cm³/mol. The van der Waals surface area contributed by atoms with Crippen LogP contribution >= 0.6 is 11.3 Å². The molecule has 0 fully saturated rings. The van der Waals surface area contributed by atoms with E-state index in [0.29, 0.717) is 23.1 Å². The summed E-state index contributed by atoms with van der Waals surface area (Å²) in [5.41, 5.74) is 3.88. The van der Waals surface area contributed by atoms with Gasteiger partial charge < -0.3 is 14.4 Å². The number of rotatable bonds is 5. The van der Waals surface area contributed by atoms with E-state index in [0.717, 1.165) is 28.1 Å². The summed E-state index contributed by atoms with van der Waals surface area (Å²) in [5.74, 6) is 0.481. The Morgan fingerprint density at radius 2 is 1.93 bits per heavy atom. The van der Waals surface area contributed by atoms with Crippen molar-refractivity contribution in [1.29, 1.82) is 0 Å². The molecule has 148 valence electrons. The summed E-state index contributed by atoms with van der Waals surface area (Å²) in [7, 11) is 0. The second-order valence-corrected chi connectivity index (χ2v) is 9.00. The van der Waals surface area contributed by atoms with Crippen LogP contribution in [0.25, 0.3) is 21.7 Å². The number of aryl methyl sites for hydroxylation is 3. The number of hydrogen-bond donors (Lipinski definition) is 1. The summed E-state index contributed by atoms with van der Waals surface area (Å²) in [6.45, 7) is 12.4. The molecule has 0 aliphatic rings. The van der Waals surface area contributed by atoms with Crippen molar-refractivity contribution in [2.45, 2.75) is 41.5 Å². The van der Waals surface area contributed by atoms with Crippen LogP contribution in [0.5, 0.6) is 5.75 Å². The van der Waals surface area contributed by atoms with E-state index in [-0.39, 0.29) is 10.3 Å². The summed E-state index contributed by atoms with van der Waals surface area (Å²) in [5, 5.41) is 14.0. The quantitative estimate of drug-likeness (QED) is 0.607. The number of carboxylic acids is 1. The maximum absolute atomic E-state index is 11.4. The van der Waals surface area contributed by atoms with E-state index < -0.39 is 5.97 Å². The van der Waals surface area contributed by atoms with Gasteiger partial charge in [0.05, 0.1) is 23.6 Å². The molecule has 3 aromatic rings. The fraction of sp³-hybridized carbons (Fsp3) is 0.381. The van der Waals surface area contributed by atoms with Crippen molar-refractivity contribution in [3.63, 3.8) is 0 Å². The largest absolute Gasteiger partial charge is 0.492 e. The molecule has 0 aliphatic heterocycles. The molecule has 0 aliphatic carbocycles. The van der Waals surface area contributed by atoms with Crippen molar-refractivity contribution in [2.75, 3.05) is 6.61 Å². The van der Waals surface area contributed by atoms with Gasteiger partial charge in [0.15, 0.2) is 0 Å². The van der Waals surface area contributed by atoms with Crippen molar-refractivity contribution >= 4 is 17.3 Å². The van der Waals surface area contributed by atoms with Crippen LogP contribution < -0.4 is 4.74 Å². The minimum atomic E-state index is -0.961. The first-order chi connectivity index (χ1) is 13.1. The molecule has 0 bridgehead atoms. The van der Waals surface area contributed by atoms with Gasteiger partial charge in [-0.2, -0.15) is 0 Å². The number of ether oxygens (including phenoxy) is 1. The average molecular weight is 401 g/mol. The SMILES string of the molecule is Cc1nc(-c2ccc(OCC(C)(C)C)c(-c3c(C)noc3C)c2)sc1C(=O)O. The van der Waals surface area contributed by atoms with Crippen molar-refractivity contribution in [3.8, 4) is 27.4 Å². The van der Waals surface area contributed by atoms with Crippen LogP contribution in [0.2, 0.25) is 0 Å². The molecule has 0 spiro atoms. The second-order valence-electron chi connectivity index (χ2n) is 8.00.